The largest absolute Gasteiger partial charge is 0.457 e. The van der Waals surface area contributed by atoms with Gasteiger partial charge >= 0.3 is 5.97 Å². The zero-order valence-corrected chi connectivity index (χ0v) is 11.0. The Bertz CT molecular complexity index is 643. The van der Waals surface area contributed by atoms with Crippen LogP contribution >= 0.6 is 11.6 Å². The molecule has 0 aliphatic rings. The van der Waals surface area contributed by atoms with E-state index in [1.54, 1.807) is 36.4 Å². The van der Waals surface area contributed by atoms with E-state index in [0.717, 1.165) is 0 Å². The Morgan fingerprint density at radius 2 is 1.90 bits per heavy atom. The SMILES string of the molecule is O=C(OCc1ccc(Cl)c([N+](=O)[O-])c1)c1ccccc1. The quantitative estimate of drug-likeness (QED) is 0.490. The number of halogens is 1. The number of nitro groups is 1. The molecule has 0 aromatic heterocycles. The van der Waals surface area contributed by atoms with Gasteiger partial charge in [-0.2, -0.15) is 0 Å². The van der Waals surface area contributed by atoms with Crippen LogP contribution in [0.1, 0.15) is 15.9 Å². The monoisotopic (exact) mass is 291 g/mol. The first-order valence-corrected chi connectivity index (χ1v) is 6.10. The van der Waals surface area contributed by atoms with Crippen LogP contribution < -0.4 is 0 Å². The smallest absolute Gasteiger partial charge is 0.338 e. The van der Waals surface area contributed by atoms with E-state index in [-0.39, 0.29) is 17.3 Å². The lowest BCUT2D eigenvalue weighted by atomic mass is 10.2. The number of rotatable bonds is 4. The van der Waals surface area contributed by atoms with Gasteiger partial charge in [0.25, 0.3) is 5.69 Å². The molecule has 0 spiro atoms. The van der Waals surface area contributed by atoms with Crippen molar-refractivity contribution in [3.8, 4) is 0 Å². The standard InChI is InChI=1S/C14H10ClNO4/c15-12-7-6-10(8-13(12)16(18)19)9-20-14(17)11-4-2-1-3-5-11/h1-8H,9H2. The van der Waals surface area contributed by atoms with Crippen molar-refractivity contribution in [2.75, 3.05) is 0 Å². The lowest BCUT2D eigenvalue weighted by Gasteiger charge is -2.05. The maximum absolute atomic E-state index is 11.7. The molecular weight excluding hydrogens is 282 g/mol. The summed E-state index contributed by atoms with van der Waals surface area (Å²) in [6.45, 7) is -0.0499. The fourth-order valence-electron chi connectivity index (χ4n) is 1.59. The van der Waals surface area contributed by atoms with Crippen molar-refractivity contribution < 1.29 is 14.5 Å². The highest BCUT2D eigenvalue weighted by atomic mass is 35.5. The summed E-state index contributed by atoms with van der Waals surface area (Å²) in [6, 6.07) is 12.8. The Balaban J connectivity index is 2.06. The van der Waals surface area contributed by atoms with E-state index >= 15 is 0 Å². The van der Waals surface area contributed by atoms with Gasteiger partial charge in [0.15, 0.2) is 0 Å². The highest BCUT2D eigenvalue weighted by Gasteiger charge is 2.14. The van der Waals surface area contributed by atoms with E-state index in [1.807, 2.05) is 0 Å². The van der Waals surface area contributed by atoms with E-state index in [0.29, 0.717) is 11.1 Å². The van der Waals surface area contributed by atoms with Gasteiger partial charge in [-0.25, -0.2) is 4.79 Å². The second-order valence-electron chi connectivity index (χ2n) is 3.99. The summed E-state index contributed by atoms with van der Waals surface area (Å²) in [5, 5.41) is 10.8. The number of carbonyl (C=O) groups excluding carboxylic acids is 1. The molecule has 0 radical (unpaired) electrons. The van der Waals surface area contributed by atoms with Crippen molar-refractivity contribution in [2.45, 2.75) is 6.61 Å². The number of nitro benzene ring substituents is 1. The van der Waals surface area contributed by atoms with Crippen LogP contribution in [0.3, 0.4) is 0 Å². The number of esters is 1. The van der Waals surface area contributed by atoms with Gasteiger partial charge in [0.1, 0.15) is 11.6 Å². The summed E-state index contributed by atoms with van der Waals surface area (Å²) in [5.41, 5.74) is 0.723. The van der Waals surface area contributed by atoms with Crippen LogP contribution in [-0.2, 0) is 11.3 Å². The van der Waals surface area contributed by atoms with Gasteiger partial charge in [-0.15, -0.1) is 0 Å². The van der Waals surface area contributed by atoms with Crippen LogP contribution in [0.25, 0.3) is 0 Å². The third-order valence-corrected chi connectivity index (χ3v) is 2.91. The third kappa shape index (κ3) is 3.33. The van der Waals surface area contributed by atoms with E-state index in [4.69, 9.17) is 16.3 Å². The van der Waals surface area contributed by atoms with Crippen LogP contribution in [-0.4, -0.2) is 10.9 Å². The molecule has 0 saturated carbocycles. The molecule has 0 unspecified atom stereocenters. The zero-order chi connectivity index (χ0) is 14.5. The molecule has 0 aliphatic carbocycles. The molecule has 0 N–H and O–H groups in total. The molecule has 0 heterocycles. The number of hydrogen-bond donors (Lipinski definition) is 0. The topological polar surface area (TPSA) is 69.4 Å². The van der Waals surface area contributed by atoms with Crippen molar-refractivity contribution in [3.05, 3.63) is 74.8 Å². The maximum atomic E-state index is 11.7. The molecular formula is C14H10ClNO4. The summed E-state index contributed by atoms with van der Waals surface area (Å²) < 4.78 is 5.08. The molecule has 102 valence electrons. The first-order valence-electron chi connectivity index (χ1n) is 5.73. The highest BCUT2D eigenvalue weighted by Crippen LogP contribution is 2.25. The fraction of sp³-hybridized carbons (Fsp3) is 0.0714. The molecule has 0 amide bonds. The van der Waals surface area contributed by atoms with Gasteiger partial charge in [0.2, 0.25) is 0 Å². The van der Waals surface area contributed by atoms with E-state index in [1.165, 1.54) is 12.1 Å². The molecule has 0 atom stereocenters. The minimum atomic E-state index is -0.579. The Morgan fingerprint density at radius 1 is 1.20 bits per heavy atom. The fourth-order valence-corrected chi connectivity index (χ4v) is 1.78. The Labute approximate surface area is 119 Å². The van der Waals surface area contributed by atoms with Gasteiger partial charge in [-0.1, -0.05) is 35.9 Å². The molecule has 2 aromatic carbocycles. The molecule has 0 saturated heterocycles. The maximum Gasteiger partial charge on any atom is 0.338 e. The molecule has 2 rings (SSSR count). The van der Waals surface area contributed by atoms with Crippen molar-refractivity contribution in [2.24, 2.45) is 0 Å². The van der Waals surface area contributed by atoms with Crippen molar-refractivity contribution in [1.29, 1.82) is 0 Å². The molecule has 2 aromatic rings. The lowest BCUT2D eigenvalue weighted by molar-refractivity contribution is -0.384. The average molecular weight is 292 g/mol. The number of hydrogen-bond acceptors (Lipinski definition) is 4. The molecule has 6 heteroatoms. The first-order chi connectivity index (χ1) is 9.58. The van der Waals surface area contributed by atoms with Crippen LogP contribution in [0.5, 0.6) is 0 Å². The average Bonchev–Trinajstić information content (AvgIpc) is 2.46. The lowest BCUT2D eigenvalue weighted by Crippen LogP contribution is -2.05. The number of ether oxygens (including phenoxy) is 1. The first kappa shape index (κ1) is 14.0. The summed E-state index contributed by atoms with van der Waals surface area (Å²) in [6.07, 6.45) is 0. The van der Waals surface area contributed by atoms with E-state index in [9.17, 15) is 14.9 Å². The zero-order valence-electron chi connectivity index (χ0n) is 10.3. The Kier molecular flexibility index (Phi) is 4.32. The van der Waals surface area contributed by atoms with Crippen molar-refractivity contribution in [1.82, 2.24) is 0 Å². The van der Waals surface area contributed by atoms with Gasteiger partial charge in [0.05, 0.1) is 10.5 Å². The number of benzene rings is 2. The predicted molar refractivity (Wildman–Crippen MR) is 73.7 cm³/mol. The second-order valence-corrected chi connectivity index (χ2v) is 4.39. The molecule has 0 bridgehead atoms. The molecule has 0 aliphatic heterocycles. The Hall–Kier alpha value is -2.40. The number of nitrogens with zero attached hydrogens (tertiary/aromatic N) is 1. The third-order valence-electron chi connectivity index (χ3n) is 2.59. The predicted octanol–water partition coefficient (Wildman–Crippen LogP) is 3.61. The molecule has 0 fully saturated rings. The second kappa shape index (κ2) is 6.16. The van der Waals surface area contributed by atoms with Crippen LogP contribution in [0.2, 0.25) is 5.02 Å². The summed E-state index contributed by atoms with van der Waals surface area (Å²) in [5.74, 6) is -0.483. The number of carbonyl (C=O) groups is 1. The van der Waals surface area contributed by atoms with E-state index < -0.39 is 10.9 Å². The normalized spacial score (nSPS) is 10.1. The van der Waals surface area contributed by atoms with Crippen LogP contribution in [0, 0.1) is 10.1 Å². The molecule has 20 heavy (non-hydrogen) atoms. The van der Waals surface area contributed by atoms with Crippen LogP contribution in [0.4, 0.5) is 5.69 Å². The summed E-state index contributed by atoms with van der Waals surface area (Å²) >= 11 is 5.70. The van der Waals surface area contributed by atoms with E-state index in [2.05, 4.69) is 0 Å². The summed E-state index contributed by atoms with van der Waals surface area (Å²) in [4.78, 5) is 21.9. The van der Waals surface area contributed by atoms with Crippen molar-refractivity contribution >= 4 is 23.3 Å². The van der Waals surface area contributed by atoms with Gasteiger partial charge < -0.3 is 4.74 Å². The van der Waals surface area contributed by atoms with Crippen LogP contribution in [0.15, 0.2) is 48.5 Å². The van der Waals surface area contributed by atoms with Crippen molar-refractivity contribution in [3.63, 3.8) is 0 Å². The minimum Gasteiger partial charge on any atom is -0.457 e. The molecule has 5 nitrogen and oxygen atoms in total. The van der Waals surface area contributed by atoms with Gasteiger partial charge in [-0.05, 0) is 23.8 Å². The highest BCUT2D eigenvalue weighted by molar-refractivity contribution is 6.32. The summed E-state index contributed by atoms with van der Waals surface area (Å²) in [7, 11) is 0. The van der Waals surface area contributed by atoms with Gasteiger partial charge in [0, 0.05) is 6.07 Å². The Morgan fingerprint density at radius 3 is 2.55 bits per heavy atom. The van der Waals surface area contributed by atoms with Gasteiger partial charge in [-0.3, -0.25) is 10.1 Å². The minimum absolute atomic E-state index is 0.0492.